The molecule has 0 aliphatic heterocycles. The van der Waals surface area contributed by atoms with Crippen LogP contribution in [0.2, 0.25) is 0 Å². The number of carboxylic acids is 1. The van der Waals surface area contributed by atoms with E-state index in [9.17, 15) is 9.90 Å². The van der Waals surface area contributed by atoms with Crippen molar-refractivity contribution < 1.29 is 25.0 Å². The zero-order valence-corrected chi connectivity index (χ0v) is 8.02. The van der Waals surface area contributed by atoms with E-state index in [1.807, 2.05) is 5.48 Å². The van der Waals surface area contributed by atoms with Crippen LogP contribution in [0.1, 0.15) is 15.9 Å². The van der Waals surface area contributed by atoms with Gasteiger partial charge in [-0.05, 0) is 6.07 Å². The van der Waals surface area contributed by atoms with Crippen LogP contribution < -0.4 is 10.2 Å². The van der Waals surface area contributed by atoms with Crippen molar-refractivity contribution >= 4 is 5.97 Å². The van der Waals surface area contributed by atoms with Gasteiger partial charge in [-0.3, -0.25) is 0 Å². The van der Waals surface area contributed by atoms with Crippen LogP contribution in [0.25, 0.3) is 0 Å². The lowest BCUT2D eigenvalue weighted by Crippen LogP contribution is -2.08. The van der Waals surface area contributed by atoms with Gasteiger partial charge in [-0.1, -0.05) is 0 Å². The lowest BCUT2D eigenvalue weighted by atomic mass is 10.1. The van der Waals surface area contributed by atoms with Crippen LogP contribution in [0.4, 0.5) is 0 Å². The van der Waals surface area contributed by atoms with E-state index < -0.39 is 5.97 Å². The van der Waals surface area contributed by atoms with Crippen molar-refractivity contribution in [1.82, 2.24) is 5.48 Å². The summed E-state index contributed by atoms with van der Waals surface area (Å²) in [6, 6.07) is 2.43. The van der Waals surface area contributed by atoms with E-state index in [0.717, 1.165) is 0 Å². The average Bonchev–Trinajstić information content (AvgIpc) is 2.20. The van der Waals surface area contributed by atoms with Crippen LogP contribution in [0.5, 0.6) is 11.5 Å². The van der Waals surface area contributed by atoms with Crippen molar-refractivity contribution in [1.29, 1.82) is 0 Å². The lowest BCUT2D eigenvalue weighted by molar-refractivity contribution is 0.0693. The van der Waals surface area contributed by atoms with Crippen LogP contribution in [0.3, 0.4) is 0 Å². The molecule has 0 unspecified atom stereocenters. The number of phenols is 1. The van der Waals surface area contributed by atoms with E-state index in [-0.39, 0.29) is 29.2 Å². The molecule has 0 bridgehead atoms. The molecule has 4 N–H and O–H groups in total. The maximum absolute atomic E-state index is 10.8. The van der Waals surface area contributed by atoms with Gasteiger partial charge >= 0.3 is 5.97 Å². The summed E-state index contributed by atoms with van der Waals surface area (Å²) in [4.78, 5) is 10.8. The minimum Gasteiger partial charge on any atom is -0.507 e. The van der Waals surface area contributed by atoms with Gasteiger partial charge in [0.25, 0.3) is 0 Å². The van der Waals surface area contributed by atoms with Crippen molar-refractivity contribution in [3.05, 3.63) is 23.3 Å². The van der Waals surface area contributed by atoms with Gasteiger partial charge in [0.2, 0.25) is 0 Å². The summed E-state index contributed by atoms with van der Waals surface area (Å²) in [5.41, 5.74) is 2.04. The molecular formula is C9H11NO5. The fourth-order valence-electron chi connectivity index (χ4n) is 1.18. The molecule has 0 aromatic heterocycles. The number of hydrogen-bond donors (Lipinski definition) is 4. The molecule has 0 saturated carbocycles. The Morgan fingerprint density at radius 3 is 2.67 bits per heavy atom. The summed E-state index contributed by atoms with van der Waals surface area (Å²) in [7, 11) is 1.31. The van der Waals surface area contributed by atoms with Gasteiger partial charge in [-0.2, -0.15) is 0 Å². The number of phenolic OH excluding ortho intramolecular Hbond substituents is 1. The summed E-state index contributed by atoms with van der Waals surface area (Å²) in [5.74, 6) is -1.23. The van der Waals surface area contributed by atoms with Gasteiger partial charge in [0.1, 0.15) is 17.1 Å². The highest BCUT2D eigenvalue weighted by Gasteiger charge is 2.14. The first-order valence-electron chi connectivity index (χ1n) is 4.10. The highest BCUT2D eigenvalue weighted by molar-refractivity contribution is 5.91. The van der Waals surface area contributed by atoms with Gasteiger partial charge in [-0.25, -0.2) is 10.3 Å². The summed E-state index contributed by atoms with van der Waals surface area (Å²) in [5, 5.41) is 26.7. The number of nitrogens with one attached hydrogen (secondary N) is 1. The summed E-state index contributed by atoms with van der Waals surface area (Å²) in [6.07, 6.45) is 0. The Kier molecular flexibility index (Phi) is 3.48. The van der Waals surface area contributed by atoms with Crippen molar-refractivity contribution in [3.8, 4) is 11.5 Å². The number of benzene rings is 1. The molecule has 0 amide bonds. The number of carboxylic acid groups (broad SMARTS) is 1. The van der Waals surface area contributed by atoms with E-state index in [1.165, 1.54) is 19.2 Å². The van der Waals surface area contributed by atoms with Gasteiger partial charge in [0, 0.05) is 18.2 Å². The summed E-state index contributed by atoms with van der Waals surface area (Å²) >= 11 is 0. The molecule has 82 valence electrons. The van der Waals surface area contributed by atoms with Crippen LogP contribution in [0.15, 0.2) is 12.1 Å². The molecule has 0 heterocycles. The Morgan fingerprint density at radius 1 is 1.53 bits per heavy atom. The third-order valence-corrected chi connectivity index (χ3v) is 1.90. The van der Waals surface area contributed by atoms with E-state index in [0.29, 0.717) is 0 Å². The Hall–Kier alpha value is -1.79. The molecule has 15 heavy (non-hydrogen) atoms. The molecule has 1 aromatic carbocycles. The maximum atomic E-state index is 10.8. The van der Waals surface area contributed by atoms with Gasteiger partial charge in [-0.15, -0.1) is 0 Å². The first-order chi connectivity index (χ1) is 7.10. The molecule has 1 aromatic rings. The van der Waals surface area contributed by atoms with E-state index in [2.05, 4.69) is 0 Å². The number of carbonyl (C=O) groups is 1. The predicted octanol–water partition coefficient (Wildman–Crippen LogP) is 0.578. The number of hydroxylamine groups is 1. The van der Waals surface area contributed by atoms with Crippen LogP contribution in [-0.2, 0) is 6.54 Å². The minimum absolute atomic E-state index is 0.0455. The molecular weight excluding hydrogens is 202 g/mol. The minimum atomic E-state index is -1.16. The molecule has 1 rings (SSSR count). The lowest BCUT2D eigenvalue weighted by Gasteiger charge is -2.09. The zero-order valence-electron chi connectivity index (χ0n) is 8.02. The number of aromatic hydroxyl groups is 1. The molecule has 6 nitrogen and oxygen atoms in total. The van der Waals surface area contributed by atoms with Gasteiger partial charge in [0.15, 0.2) is 0 Å². The van der Waals surface area contributed by atoms with Crippen LogP contribution >= 0.6 is 0 Å². The Labute approximate surface area is 85.7 Å². The van der Waals surface area contributed by atoms with E-state index >= 15 is 0 Å². The van der Waals surface area contributed by atoms with Crippen LogP contribution in [0, 0.1) is 0 Å². The zero-order chi connectivity index (χ0) is 11.4. The molecule has 6 heteroatoms. The van der Waals surface area contributed by atoms with E-state index in [1.54, 1.807) is 0 Å². The van der Waals surface area contributed by atoms with Crippen molar-refractivity contribution in [2.45, 2.75) is 6.54 Å². The number of hydrogen-bond acceptors (Lipinski definition) is 5. The fraction of sp³-hybridized carbons (Fsp3) is 0.222. The third-order valence-electron chi connectivity index (χ3n) is 1.90. The first-order valence-corrected chi connectivity index (χ1v) is 4.10. The standard InChI is InChI=1S/C9H11NO5/c1-15-8-3-7(11)5(4-10-14)2-6(8)9(12)13/h2-3,10-11,14H,4H2,1H3,(H,12,13). The Morgan fingerprint density at radius 2 is 2.20 bits per heavy atom. The Bertz CT molecular complexity index is 377. The first kappa shape index (κ1) is 11.3. The van der Waals surface area contributed by atoms with E-state index in [4.69, 9.17) is 15.1 Å². The predicted molar refractivity (Wildman–Crippen MR) is 50.2 cm³/mol. The molecule has 0 radical (unpaired) electrons. The molecule has 0 fully saturated rings. The Balaban J connectivity index is 3.23. The van der Waals surface area contributed by atoms with Crippen molar-refractivity contribution in [2.75, 3.05) is 7.11 Å². The van der Waals surface area contributed by atoms with Crippen LogP contribution in [-0.4, -0.2) is 28.5 Å². The quantitative estimate of drug-likeness (QED) is 0.546. The van der Waals surface area contributed by atoms with Crippen molar-refractivity contribution in [3.63, 3.8) is 0 Å². The number of methoxy groups -OCH3 is 1. The van der Waals surface area contributed by atoms with Crippen molar-refractivity contribution in [2.24, 2.45) is 0 Å². The molecule has 0 spiro atoms. The molecule has 0 atom stereocenters. The number of rotatable bonds is 4. The number of ether oxygens (including phenoxy) is 1. The van der Waals surface area contributed by atoms with Gasteiger partial charge in [0.05, 0.1) is 7.11 Å². The molecule has 0 saturated heterocycles. The normalized spacial score (nSPS) is 10.0. The maximum Gasteiger partial charge on any atom is 0.339 e. The van der Waals surface area contributed by atoms with Gasteiger partial charge < -0.3 is 20.2 Å². The SMILES string of the molecule is COc1cc(O)c(CNO)cc1C(=O)O. The smallest absolute Gasteiger partial charge is 0.339 e. The average molecular weight is 213 g/mol. The second-order valence-corrected chi connectivity index (χ2v) is 2.82. The topological polar surface area (TPSA) is 99.0 Å². The second kappa shape index (κ2) is 4.63. The monoisotopic (exact) mass is 213 g/mol. The third kappa shape index (κ3) is 2.36. The summed E-state index contributed by atoms with van der Waals surface area (Å²) in [6.45, 7) is -0.0455. The highest BCUT2D eigenvalue weighted by Crippen LogP contribution is 2.28. The fourth-order valence-corrected chi connectivity index (χ4v) is 1.18. The highest BCUT2D eigenvalue weighted by atomic mass is 16.5. The number of aromatic carboxylic acids is 1. The summed E-state index contributed by atoms with van der Waals surface area (Å²) < 4.78 is 4.80. The molecule has 0 aliphatic carbocycles. The molecule has 0 aliphatic rings. The second-order valence-electron chi connectivity index (χ2n) is 2.82. The largest absolute Gasteiger partial charge is 0.507 e.